The van der Waals surface area contributed by atoms with Crippen molar-refractivity contribution >= 4 is 33.8 Å². The monoisotopic (exact) mass is 406 g/mol. The van der Waals surface area contributed by atoms with Crippen LogP contribution in [0.25, 0.3) is 6.08 Å². The van der Waals surface area contributed by atoms with Crippen LogP contribution in [-0.2, 0) is 9.53 Å². The average molecular weight is 407 g/mol. The predicted molar refractivity (Wildman–Crippen MR) is 96.0 cm³/mol. The third kappa shape index (κ3) is 5.26. The molecule has 25 heavy (non-hydrogen) atoms. The molecule has 4 nitrogen and oxygen atoms in total. The van der Waals surface area contributed by atoms with Crippen LogP contribution in [0, 0.1) is 5.82 Å². The molecule has 6 heteroatoms. The van der Waals surface area contributed by atoms with Crippen LogP contribution in [0.2, 0.25) is 0 Å². The Labute approximate surface area is 153 Å². The van der Waals surface area contributed by atoms with Gasteiger partial charge in [-0.25, -0.2) is 9.18 Å². The fourth-order valence-electron chi connectivity index (χ4n) is 2.07. The minimum atomic E-state index is -0.925. The number of benzene rings is 2. The van der Waals surface area contributed by atoms with E-state index in [-0.39, 0.29) is 11.5 Å². The number of Topliss-reactive ketones (excluding diaryl/α,β-unsaturated/α-hetero) is 1. The van der Waals surface area contributed by atoms with Gasteiger partial charge in [0.15, 0.2) is 17.7 Å². The molecule has 0 heterocycles. The van der Waals surface area contributed by atoms with Crippen molar-refractivity contribution in [2.24, 2.45) is 0 Å². The molecule has 0 aromatic heterocycles. The number of ketones is 1. The van der Waals surface area contributed by atoms with E-state index in [9.17, 15) is 14.0 Å². The number of hydrogen-bond acceptors (Lipinski definition) is 4. The highest BCUT2D eigenvalue weighted by Gasteiger charge is 2.18. The molecule has 0 saturated heterocycles. The molecule has 0 unspecified atom stereocenters. The largest absolute Gasteiger partial charge is 0.494 e. The molecule has 0 N–H and O–H groups in total. The van der Waals surface area contributed by atoms with Crippen LogP contribution in [0.1, 0.15) is 22.8 Å². The zero-order chi connectivity index (χ0) is 18.4. The number of halogens is 2. The van der Waals surface area contributed by atoms with Crippen LogP contribution in [0.15, 0.2) is 53.0 Å². The smallest absolute Gasteiger partial charge is 0.331 e. The number of carbonyl (C=O) groups is 2. The third-order valence-corrected chi connectivity index (χ3v) is 3.91. The number of ether oxygens (including phenoxy) is 2. The van der Waals surface area contributed by atoms with Crippen molar-refractivity contribution in [2.75, 3.05) is 7.11 Å². The molecule has 0 spiro atoms. The van der Waals surface area contributed by atoms with Gasteiger partial charge in [0.05, 0.1) is 7.11 Å². The van der Waals surface area contributed by atoms with Gasteiger partial charge in [-0.1, -0.05) is 34.1 Å². The second kappa shape index (κ2) is 8.58. The summed E-state index contributed by atoms with van der Waals surface area (Å²) in [5.41, 5.74) is 0.923. The molecule has 0 aliphatic carbocycles. The number of esters is 1. The van der Waals surface area contributed by atoms with Crippen molar-refractivity contribution in [3.05, 3.63) is 70.0 Å². The summed E-state index contributed by atoms with van der Waals surface area (Å²) >= 11 is 3.29. The molecule has 2 rings (SSSR count). The lowest BCUT2D eigenvalue weighted by atomic mass is 10.1. The van der Waals surface area contributed by atoms with E-state index < -0.39 is 17.9 Å². The lowest BCUT2D eigenvalue weighted by molar-refractivity contribution is -0.140. The highest BCUT2D eigenvalue weighted by molar-refractivity contribution is 9.10. The first kappa shape index (κ1) is 18.9. The van der Waals surface area contributed by atoms with Crippen LogP contribution >= 0.6 is 15.9 Å². The summed E-state index contributed by atoms with van der Waals surface area (Å²) in [5, 5.41) is 0. The van der Waals surface area contributed by atoms with Gasteiger partial charge in [0.2, 0.25) is 5.78 Å². The summed E-state index contributed by atoms with van der Waals surface area (Å²) in [5.74, 6) is -1.40. The van der Waals surface area contributed by atoms with Crippen LogP contribution in [0.5, 0.6) is 5.75 Å². The first-order valence-corrected chi connectivity index (χ1v) is 8.22. The highest BCUT2D eigenvalue weighted by Crippen LogP contribution is 2.18. The van der Waals surface area contributed by atoms with Crippen LogP contribution in [-0.4, -0.2) is 25.0 Å². The molecule has 2 aromatic rings. The maximum atomic E-state index is 13.6. The summed E-state index contributed by atoms with van der Waals surface area (Å²) in [4.78, 5) is 24.0. The van der Waals surface area contributed by atoms with Crippen molar-refractivity contribution in [3.63, 3.8) is 0 Å². The Balaban J connectivity index is 1.98. The second-order valence-corrected chi connectivity index (χ2v) is 6.09. The maximum absolute atomic E-state index is 13.6. The molecule has 1 atom stereocenters. The first-order valence-electron chi connectivity index (χ1n) is 7.42. The minimum Gasteiger partial charge on any atom is -0.494 e. The first-order chi connectivity index (χ1) is 11.9. The van der Waals surface area contributed by atoms with Crippen LogP contribution in [0.3, 0.4) is 0 Å². The lowest BCUT2D eigenvalue weighted by Gasteiger charge is -2.10. The molecule has 2 aromatic carbocycles. The Morgan fingerprint density at radius 3 is 2.44 bits per heavy atom. The SMILES string of the molecule is COc1ccc(/C=C/C(=O)O[C@@H](C)C(=O)c2ccc(Br)cc2)cc1F. The van der Waals surface area contributed by atoms with E-state index in [1.54, 1.807) is 30.3 Å². The molecule has 0 bridgehead atoms. The molecule has 130 valence electrons. The zero-order valence-electron chi connectivity index (χ0n) is 13.7. The Morgan fingerprint density at radius 2 is 1.84 bits per heavy atom. The molecule has 0 saturated carbocycles. The van der Waals surface area contributed by atoms with Crippen LogP contribution in [0.4, 0.5) is 4.39 Å². The van der Waals surface area contributed by atoms with Crippen molar-refractivity contribution in [3.8, 4) is 5.75 Å². The molecule has 0 aliphatic heterocycles. The summed E-state index contributed by atoms with van der Waals surface area (Å²) < 4.78 is 24.3. The quantitative estimate of drug-likeness (QED) is 0.404. The van der Waals surface area contributed by atoms with Crippen molar-refractivity contribution < 1.29 is 23.5 Å². The Kier molecular flexibility index (Phi) is 6.47. The normalized spacial score (nSPS) is 12.0. The van der Waals surface area contributed by atoms with Gasteiger partial charge >= 0.3 is 5.97 Å². The van der Waals surface area contributed by atoms with Gasteiger partial charge in [-0.15, -0.1) is 0 Å². The van der Waals surface area contributed by atoms with Gasteiger partial charge in [-0.05, 0) is 42.8 Å². The van der Waals surface area contributed by atoms with Gasteiger partial charge < -0.3 is 9.47 Å². The maximum Gasteiger partial charge on any atom is 0.331 e. The van der Waals surface area contributed by atoms with Gasteiger partial charge in [-0.2, -0.15) is 0 Å². The average Bonchev–Trinajstić information content (AvgIpc) is 2.60. The minimum absolute atomic E-state index is 0.119. The number of hydrogen-bond donors (Lipinski definition) is 0. The molecular formula is C19H16BrFO4. The summed E-state index contributed by atoms with van der Waals surface area (Å²) in [6.07, 6.45) is 1.62. The van der Waals surface area contributed by atoms with Crippen molar-refractivity contribution in [2.45, 2.75) is 13.0 Å². The molecule has 0 amide bonds. The van der Waals surface area contributed by atoms with E-state index in [0.717, 1.165) is 10.5 Å². The van der Waals surface area contributed by atoms with Gasteiger partial charge in [0.1, 0.15) is 0 Å². The van der Waals surface area contributed by atoms with E-state index in [0.29, 0.717) is 11.1 Å². The number of methoxy groups -OCH3 is 1. The summed E-state index contributed by atoms with van der Waals surface area (Å²) in [7, 11) is 1.37. The summed E-state index contributed by atoms with van der Waals surface area (Å²) in [6, 6.07) is 11.1. The summed E-state index contributed by atoms with van der Waals surface area (Å²) in [6.45, 7) is 1.50. The Hall–Kier alpha value is -2.47. The zero-order valence-corrected chi connectivity index (χ0v) is 15.2. The molecule has 0 fully saturated rings. The standard InChI is InChI=1S/C19H16BrFO4/c1-12(19(23)14-5-7-15(20)8-6-14)25-18(22)10-4-13-3-9-17(24-2)16(21)11-13/h3-12H,1-2H3/b10-4+/t12-/m0/s1. The fourth-order valence-corrected chi connectivity index (χ4v) is 2.33. The van der Waals surface area contributed by atoms with E-state index in [4.69, 9.17) is 9.47 Å². The van der Waals surface area contributed by atoms with Gasteiger partial charge in [-0.3, -0.25) is 4.79 Å². The molecular weight excluding hydrogens is 391 g/mol. The molecule has 0 radical (unpaired) electrons. The fraction of sp³-hybridized carbons (Fsp3) is 0.158. The van der Waals surface area contributed by atoms with Gasteiger partial charge in [0, 0.05) is 16.1 Å². The van der Waals surface area contributed by atoms with Gasteiger partial charge in [0.25, 0.3) is 0 Å². The van der Waals surface area contributed by atoms with E-state index in [2.05, 4.69) is 15.9 Å². The van der Waals surface area contributed by atoms with E-state index in [1.807, 2.05) is 0 Å². The molecule has 0 aliphatic rings. The third-order valence-electron chi connectivity index (χ3n) is 3.38. The van der Waals surface area contributed by atoms with Crippen molar-refractivity contribution in [1.82, 2.24) is 0 Å². The number of carbonyl (C=O) groups excluding carboxylic acids is 2. The lowest BCUT2D eigenvalue weighted by Crippen LogP contribution is -2.23. The Bertz CT molecular complexity index is 800. The highest BCUT2D eigenvalue weighted by atomic mass is 79.9. The predicted octanol–water partition coefficient (Wildman–Crippen LogP) is 4.42. The van der Waals surface area contributed by atoms with E-state index >= 15 is 0 Å². The van der Waals surface area contributed by atoms with E-state index in [1.165, 1.54) is 32.2 Å². The van der Waals surface area contributed by atoms with Crippen molar-refractivity contribution in [1.29, 1.82) is 0 Å². The number of rotatable bonds is 6. The second-order valence-electron chi connectivity index (χ2n) is 5.18. The van der Waals surface area contributed by atoms with Crippen LogP contribution < -0.4 is 4.74 Å². The Morgan fingerprint density at radius 1 is 1.16 bits per heavy atom. The topological polar surface area (TPSA) is 52.6 Å².